The van der Waals surface area contributed by atoms with Gasteiger partial charge in [-0.3, -0.25) is 4.90 Å². The summed E-state index contributed by atoms with van der Waals surface area (Å²) < 4.78 is 5.18. The third-order valence-corrected chi connectivity index (χ3v) is 5.53. The van der Waals surface area contributed by atoms with Crippen molar-refractivity contribution in [2.75, 3.05) is 11.4 Å². The van der Waals surface area contributed by atoms with E-state index >= 15 is 0 Å². The van der Waals surface area contributed by atoms with Gasteiger partial charge in [-0.2, -0.15) is 0 Å². The zero-order chi connectivity index (χ0) is 20.1. The van der Waals surface area contributed by atoms with Crippen LogP contribution in [0.3, 0.4) is 0 Å². The number of carbonyl (C=O) groups excluding carboxylic acids is 2. The molecule has 1 unspecified atom stereocenters. The Morgan fingerprint density at radius 2 is 1.89 bits per heavy atom. The van der Waals surface area contributed by atoms with Crippen LogP contribution in [0.25, 0.3) is 0 Å². The molecule has 4 heteroatoms. The maximum Gasteiger partial charge on any atom is 0.422 e. The number of carbonyl (C=O) groups is 2. The highest BCUT2D eigenvalue weighted by Gasteiger charge is 2.27. The van der Waals surface area contributed by atoms with Crippen LogP contribution in [0.15, 0.2) is 42.5 Å². The second-order valence-corrected chi connectivity index (χ2v) is 7.52. The first kappa shape index (κ1) is 20.1. The fourth-order valence-electron chi connectivity index (χ4n) is 3.82. The van der Waals surface area contributed by atoms with Gasteiger partial charge in [0, 0.05) is 6.54 Å². The summed E-state index contributed by atoms with van der Waals surface area (Å²) in [6.07, 6.45) is 4.36. The predicted octanol–water partition coefficient (Wildman–Crippen LogP) is 5.88. The van der Waals surface area contributed by atoms with Crippen molar-refractivity contribution in [3.8, 4) is 0 Å². The molecule has 1 aliphatic rings. The summed E-state index contributed by atoms with van der Waals surface area (Å²) in [7, 11) is 0. The van der Waals surface area contributed by atoms with Gasteiger partial charge in [-0.1, -0.05) is 51.5 Å². The molecule has 0 saturated carbocycles. The molecular weight excluding hydrogens is 350 g/mol. The highest BCUT2D eigenvalue weighted by Crippen LogP contribution is 2.35. The van der Waals surface area contributed by atoms with E-state index < -0.39 is 12.1 Å². The van der Waals surface area contributed by atoms with Crippen LogP contribution in [0, 0.1) is 0 Å². The molecule has 28 heavy (non-hydrogen) atoms. The fraction of sp³-hybridized carbons (Fsp3) is 0.417. The van der Waals surface area contributed by atoms with Crippen LogP contribution in [0.5, 0.6) is 0 Å². The van der Waals surface area contributed by atoms with E-state index in [2.05, 4.69) is 32.9 Å². The van der Waals surface area contributed by atoms with E-state index in [9.17, 15) is 9.59 Å². The van der Waals surface area contributed by atoms with Crippen LogP contribution < -0.4 is 4.90 Å². The number of rotatable bonds is 5. The van der Waals surface area contributed by atoms with E-state index in [1.165, 1.54) is 16.7 Å². The van der Waals surface area contributed by atoms with Crippen molar-refractivity contribution in [1.29, 1.82) is 0 Å². The number of aryl methyl sites for hydroxylation is 2. The first-order valence-electron chi connectivity index (χ1n) is 10.3. The van der Waals surface area contributed by atoms with Crippen LogP contribution in [-0.2, 0) is 17.6 Å². The largest absolute Gasteiger partial charge is 0.422 e. The van der Waals surface area contributed by atoms with Crippen molar-refractivity contribution < 1.29 is 14.3 Å². The van der Waals surface area contributed by atoms with Gasteiger partial charge in [0.15, 0.2) is 0 Å². The first-order chi connectivity index (χ1) is 13.5. The average molecular weight is 380 g/mol. The third kappa shape index (κ3) is 4.27. The van der Waals surface area contributed by atoms with Gasteiger partial charge >= 0.3 is 12.1 Å². The molecule has 0 fully saturated rings. The van der Waals surface area contributed by atoms with Crippen LogP contribution in [0.2, 0.25) is 0 Å². The van der Waals surface area contributed by atoms with Gasteiger partial charge in [-0.05, 0) is 66.5 Å². The van der Waals surface area contributed by atoms with Gasteiger partial charge in [-0.25, -0.2) is 9.59 Å². The van der Waals surface area contributed by atoms with E-state index in [4.69, 9.17) is 4.74 Å². The number of hydrogen-bond donors (Lipinski definition) is 0. The second-order valence-electron chi connectivity index (χ2n) is 7.52. The zero-order valence-corrected chi connectivity index (χ0v) is 17.0. The van der Waals surface area contributed by atoms with Gasteiger partial charge in [0.05, 0.1) is 11.3 Å². The number of anilines is 1. The van der Waals surface area contributed by atoms with Crippen LogP contribution in [0.4, 0.5) is 10.5 Å². The molecule has 148 valence electrons. The predicted molar refractivity (Wildman–Crippen MR) is 112 cm³/mol. The number of hydrogen-bond acceptors (Lipinski definition) is 3. The number of amides is 1. The Bertz CT molecular complexity index is 844. The Kier molecular flexibility index (Phi) is 6.50. The number of nitrogens with zero attached hydrogens (tertiary/aromatic N) is 1. The lowest BCUT2D eigenvalue weighted by molar-refractivity contribution is 0.0633. The molecule has 3 rings (SSSR count). The molecule has 4 nitrogen and oxygen atoms in total. The van der Waals surface area contributed by atoms with Crippen LogP contribution in [0.1, 0.15) is 73.0 Å². The third-order valence-electron chi connectivity index (χ3n) is 5.53. The SMILES string of the molecule is CCCc1cc2c(cc1C(C)CC)CCCN2C(=O)OC(=O)c1ccccc1. The summed E-state index contributed by atoms with van der Waals surface area (Å²) in [5.41, 5.74) is 5.13. The molecule has 0 N–H and O–H groups in total. The van der Waals surface area contributed by atoms with Crippen molar-refractivity contribution in [1.82, 2.24) is 0 Å². The minimum atomic E-state index is -0.609. The molecule has 0 radical (unpaired) electrons. The van der Waals surface area contributed by atoms with Crippen LogP contribution >= 0.6 is 0 Å². The molecular formula is C24H29NO3. The maximum atomic E-state index is 12.8. The van der Waals surface area contributed by atoms with Crippen molar-refractivity contribution in [3.05, 3.63) is 64.7 Å². The molecule has 0 aromatic heterocycles. The van der Waals surface area contributed by atoms with Crippen molar-refractivity contribution in [2.24, 2.45) is 0 Å². The van der Waals surface area contributed by atoms with Crippen molar-refractivity contribution in [2.45, 2.75) is 58.8 Å². The molecule has 1 amide bonds. The molecule has 0 saturated heterocycles. The number of benzene rings is 2. The zero-order valence-electron chi connectivity index (χ0n) is 17.0. The number of ether oxygens (including phenoxy) is 1. The fourth-order valence-corrected chi connectivity index (χ4v) is 3.82. The van der Waals surface area contributed by atoms with Gasteiger partial charge in [-0.15, -0.1) is 0 Å². The normalized spacial score (nSPS) is 14.3. The highest BCUT2D eigenvalue weighted by atomic mass is 16.6. The molecule has 0 spiro atoms. The van der Waals surface area contributed by atoms with Gasteiger partial charge in [0.25, 0.3) is 0 Å². The second kappa shape index (κ2) is 9.05. The summed E-state index contributed by atoms with van der Waals surface area (Å²) in [4.78, 5) is 26.7. The average Bonchev–Trinajstić information content (AvgIpc) is 2.73. The first-order valence-corrected chi connectivity index (χ1v) is 10.3. The summed E-state index contributed by atoms with van der Waals surface area (Å²) in [6.45, 7) is 7.21. The lowest BCUT2D eigenvalue weighted by Crippen LogP contribution is -2.37. The highest BCUT2D eigenvalue weighted by molar-refractivity contribution is 6.01. The van der Waals surface area contributed by atoms with Gasteiger partial charge < -0.3 is 4.74 Å². The summed E-state index contributed by atoms with van der Waals surface area (Å²) in [5, 5.41) is 0. The molecule has 0 aliphatic carbocycles. The van der Waals surface area contributed by atoms with Crippen molar-refractivity contribution in [3.63, 3.8) is 0 Å². The molecule has 1 heterocycles. The summed E-state index contributed by atoms with van der Waals surface area (Å²) >= 11 is 0. The molecule has 1 aliphatic heterocycles. The monoisotopic (exact) mass is 379 g/mol. The maximum absolute atomic E-state index is 12.8. The van der Waals surface area contributed by atoms with E-state index in [1.807, 2.05) is 6.07 Å². The minimum Gasteiger partial charge on any atom is -0.372 e. The Morgan fingerprint density at radius 3 is 2.57 bits per heavy atom. The Hall–Kier alpha value is -2.62. The van der Waals surface area contributed by atoms with Gasteiger partial charge in [0.1, 0.15) is 0 Å². The molecule has 0 bridgehead atoms. The Balaban J connectivity index is 1.88. The number of fused-ring (bicyclic) bond motifs is 1. The van der Waals surface area contributed by atoms with E-state index in [0.717, 1.165) is 37.8 Å². The van der Waals surface area contributed by atoms with Gasteiger partial charge in [0.2, 0.25) is 0 Å². The smallest absolute Gasteiger partial charge is 0.372 e. The quantitative estimate of drug-likeness (QED) is 0.481. The van der Waals surface area contributed by atoms with Crippen molar-refractivity contribution >= 4 is 17.7 Å². The lowest BCUT2D eigenvalue weighted by atomic mass is 9.87. The Labute approximate surface area is 167 Å². The minimum absolute atomic E-state index is 0.381. The van der Waals surface area contributed by atoms with E-state index in [1.54, 1.807) is 29.2 Å². The topological polar surface area (TPSA) is 46.6 Å². The molecule has 1 atom stereocenters. The standard InChI is InChI=1S/C24H29NO3/c1-4-10-19-16-22-20(15-21(19)17(3)5-2)13-9-14-25(22)24(27)28-23(26)18-11-7-6-8-12-18/h6-8,11-12,15-17H,4-5,9-10,13-14H2,1-3H3. The molecule has 2 aromatic rings. The lowest BCUT2D eigenvalue weighted by Gasteiger charge is -2.30. The number of esters is 1. The van der Waals surface area contributed by atoms with E-state index in [-0.39, 0.29) is 0 Å². The summed E-state index contributed by atoms with van der Waals surface area (Å²) in [6, 6.07) is 13.1. The molecule has 2 aromatic carbocycles. The van der Waals surface area contributed by atoms with Crippen LogP contribution in [-0.4, -0.2) is 18.6 Å². The summed E-state index contributed by atoms with van der Waals surface area (Å²) in [5.74, 6) is -0.114. The van der Waals surface area contributed by atoms with E-state index in [0.29, 0.717) is 18.0 Å². The Morgan fingerprint density at radius 1 is 1.14 bits per heavy atom.